The normalized spacial score (nSPS) is 13.9. The summed E-state index contributed by atoms with van der Waals surface area (Å²) in [5.74, 6) is 1.16. The van der Waals surface area contributed by atoms with E-state index in [1.807, 2.05) is 23.1 Å². The third-order valence-corrected chi connectivity index (χ3v) is 9.62. The Morgan fingerprint density at radius 3 is 1.79 bits per heavy atom. The van der Waals surface area contributed by atoms with Crippen LogP contribution in [-0.2, 0) is 5.41 Å². The van der Waals surface area contributed by atoms with Crippen molar-refractivity contribution in [2.24, 2.45) is 0 Å². The second kappa shape index (κ2) is 10.1. The summed E-state index contributed by atoms with van der Waals surface area (Å²) in [4.78, 5) is 4.74. The monoisotopic (exact) mass is 612 g/mol. The van der Waals surface area contributed by atoms with Gasteiger partial charge in [-0.1, -0.05) is 81.4 Å². The van der Waals surface area contributed by atoms with Gasteiger partial charge in [0.05, 0.1) is 34.4 Å². The average molecular weight is 613 g/mol. The minimum Gasteiger partial charge on any atom is -0.341 e. The smallest absolute Gasteiger partial charge is 0.131 e. The standard InChI is InChI=1S/C41H36N6/c1-41(2,3)28-22-30(44-26-40(43(4)27-44)47-37-16-9-6-12-32(37)33-13-7-10-17-38(33)47)24-31(23-28)46-36-15-8-5-14-34(36)35-19-18-29(25-39(35)46)45-21-11-20-42-45/h5-26H,27H2,1-4H3. The number of benzene rings is 5. The Balaban J connectivity index is 1.25. The zero-order valence-electron chi connectivity index (χ0n) is 27.1. The van der Waals surface area contributed by atoms with Crippen LogP contribution in [0.5, 0.6) is 0 Å². The second-order valence-corrected chi connectivity index (χ2v) is 13.7. The van der Waals surface area contributed by atoms with Crippen molar-refractivity contribution in [2.75, 3.05) is 18.6 Å². The Kier molecular flexibility index (Phi) is 5.94. The van der Waals surface area contributed by atoms with Crippen LogP contribution in [0.3, 0.4) is 0 Å². The van der Waals surface area contributed by atoms with Gasteiger partial charge in [-0.2, -0.15) is 5.10 Å². The van der Waals surface area contributed by atoms with E-state index in [-0.39, 0.29) is 5.41 Å². The molecule has 0 aliphatic carbocycles. The SMILES string of the molecule is CN1CN(c2cc(-n3c4ccccc4c4ccc(-n5cccn5)cc43)cc(C(C)(C)C)c2)C=C1n1c2ccccc2c2ccccc21. The van der Waals surface area contributed by atoms with Gasteiger partial charge in [0.25, 0.3) is 0 Å². The highest BCUT2D eigenvalue weighted by Gasteiger charge is 2.26. The first kappa shape index (κ1) is 27.6. The molecule has 0 bridgehead atoms. The molecule has 1 aliphatic rings. The largest absolute Gasteiger partial charge is 0.341 e. The van der Waals surface area contributed by atoms with Crippen LogP contribution >= 0.6 is 0 Å². The minimum atomic E-state index is -0.0469. The number of hydrogen-bond donors (Lipinski definition) is 0. The lowest BCUT2D eigenvalue weighted by molar-refractivity contribution is 0.497. The van der Waals surface area contributed by atoms with Gasteiger partial charge in [0.2, 0.25) is 0 Å². The van der Waals surface area contributed by atoms with E-state index in [9.17, 15) is 0 Å². The van der Waals surface area contributed by atoms with Gasteiger partial charge in [-0.15, -0.1) is 0 Å². The van der Waals surface area contributed by atoms with Crippen LogP contribution in [0.15, 0.2) is 134 Å². The summed E-state index contributed by atoms with van der Waals surface area (Å²) in [7, 11) is 2.19. The van der Waals surface area contributed by atoms with Gasteiger partial charge in [-0.3, -0.25) is 4.57 Å². The van der Waals surface area contributed by atoms with Crippen molar-refractivity contribution in [3.63, 3.8) is 0 Å². The Morgan fingerprint density at radius 2 is 1.17 bits per heavy atom. The molecule has 4 heterocycles. The minimum absolute atomic E-state index is 0.0469. The van der Waals surface area contributed by atoms with Crippen molar-refractivity contribution in [1.82, 2.24) is 23.8 Å². The molecule has 0 N–H and O–H groups in total. The predicted octanol–water partition coefficient (Wildman–Crippen LogP) is 9.54. The Hall–Kier alpha value is -5.75. The van der Waals surface area contributed by atoms with Crippen molar-refractivity contribution in [2.45, 2.75) is 26.2 Å². The molecule has 1 aliphatic heterocycles. The molecule has 0 fully saturated rings. The summed E-state index contributed by atoms with van der Waals surface area (Å²) in [5.41, 5.74) is 9.40. The lowest BCUT2D eigenvalue weighted by atomic mass is 9.86. The van der Waals surface area contributed by atoms with Crippen molar-refractivity contribution < 1.29 is 0 Å². The quantitative estimate of drug-likeness (QED) is 0.199. The number of aromatic nitrogens is 4. The second-order valence-electron chi connectivity index (χ2n) is 13.7. The molecule has 9 rings (SSSR count). The first-order valence-electron chi connectivity index (χ1n) is 16.2. The molecule has 3 aromatic heterocycles. The van der Waals surface area contributed by atoms with Crippen LogP contribution in [0, 0.1) is 0 Å². The maximum Gasteiger partial charge on any atom is 0.131 e. The maximum atomic E-state index is 4.52. The summed E-state index contributed by atoms with van der Waals surface area (Å²) in [6.07, 6.45) is 6.14. The molecule has 0 spiro atoms. The number of rotatable bonds is 4. The highest BCUT2D eigenvalue weighted by Crippen LogP contribution is 2.39. The molecule has 0 atom stereocenters. The van der Waals surface area contributed by atoms with Gasteiger partial charge in [0, 0.05) is 58.6 Å². The Bertz CT molecular complexity index is 2450. The fraction of sp³-hybridized carbons (Fsp3) is 0.146. The van der Waals surface area contributed by atoms with Crippen LogP contribution in [0.2, 0.25) is 0 Å². The number of fused-ring (bicyclic) bond motifs is 6. The van der Waals surface area contributed by atoms with E-state index in [1.165, 1.54) is 49.3 Å². The third-order valence-electron chi connectivity index (χ3n) is 9.62. The van der Waals surface area contributed by atoms with Gasteiger partial charge in [-0.05, 0) is 65.6 Å². The van der Waals surface area contributed by atoms with Crippen LogP contribution in [0.1, 0.15) is 26.3 Å². The topological polar surface area (TPSA) is 34.2 Å². The van der Waals surface area contributed by atoms with E-state index in [4.69, 9.17) is 0 Å². The molecule has 6 nitrogen and oxygen atoms in total. The fourth-order valence-corrected chi connectivity index (χ4v) is 7.26. The molecular formula is C41H36N6. The van der Waals surface area contributed by atoms with E-state index in [1.54, 1.807) is 0 Å². The summed E-state index contributed by atoms with van der Waals surface area (Å²) in [5, 5.41) is 9.54. The van der Waals surface area contributed by atoms with Crippen molar-refractivity contribution in [3.05, 3.63) is 139 Å². The van der Waals surface area contributed by atoms with Crippen LogP contribution in [0.4, 0.5) is 5.69 Å². The number of hydrogen-bond acceptors (Lipinski definition) is 3. The predicted molar refractivity (Wildman–Crippen MR) is 195 cm³/mol. The summed E-state index contributed by atoms with van der Waals surface area (Å²) in [6.45, 7) is 7.65. The van der Waals surface area contributed by atoms with Gasteiger partial charge in [-0.25, -0.2) is 4.68 Å². The summed E-state index contributed by atoms with van der Waals surface area (Å²) < 4.78 is 6.76. The van der Waals surface area contributed by atoms with E-state index in [0.29, 0.717) is 0 Å². The van der Waals surface area contributed by atoms with E-state index < -0.39 is 0 Å². The lowest BCUT2D eigenvalue weighted by Gasteiger charge is -2.25. The number of anilines is 1. The van der Waals surface area contributed by atoms with Gasteiger partial charge >= 0.3 is 0 Å². The van der Waals surface area contributed by atoms with Crippen LogP contribution in [-0.4, -0.2) is 37.5 Å². The molecule has 8 aromatic rings. The zero-order valence-corrected chi connectivity index (χ0v) is 27.1. The molecule has 0 unspecified atom stereocenters. The first-order valence-corrected chi connectivity index (χ1v) is 16.2. The van der Waals surface area contributed by atoms with Crippen LogP contribution < -0.4 is 4.90 Å². The highest BCUT2D eigenvalue weighted by molar-refractivity contribution is 6.11. The highest BCUT2D eigenvalue weighted by atomic mass is 15.4. The molecule has 47 heavy (non-hydrogen) atoms. The fourth-order valence-electron chi connectivity index (χ4n) is 7.26. The Morgan fingerprint density at radius 1 is 0.574 bits per heavy atom. The van der Waals surface area contributed by atoms with E-state index in [0.717, 1.165) is 29.4 Å². The van der Waals surface area contributed by atoms with E-state index in [2.05, 4.69) is 167 Å². The molecule has 0 radical (unpaired) electrons. The average Bonchev–Trinajstić information content (AvgIpc) is 3.88. The molecule has 0 saturated carbocycles. The number of nitrogens with zero attached hydrogens (tertiary/aromatic N) is 6. The first-order chi connectivity index (χ1) is 22.8. The zero-order chi connectivity index (χ0) is 31.9. The molecule has 230 valence electrons. The van der Waals surface area contributed by atoms with Crippen LogP contribution in [0.25, 0.3) is 60.8 Å². The van der Waals surface area contributed by atoms with Crippen molar-refractivity contribution in [3.8, 4) is 11.4 Å². The molecule has 0 saturated heterocycles. The Labute approximate surface area is 274 Å². The number of para-hydroxylation sites is 3. The maximum absolute atomic E-state index is 4.52. The lowest BCUT2D eigenvalue weighted by Crippen LogP contribution is -2.24. The van der Waals surface area contributed by atoms with Crippen molar-refractivity contribution in [1.29, 1.82) is 0 Å². The molecule has 5 aromatic carbocycles. The molecule has 6 heteroatoms. The van der Waals surface area contributed by atoms with Gasteiger partial charge in [0.1, 0.15) is 5.82 Å². The van der Waals surface area contributed by atoms with Crippen molar-refractivity contribution >= 4 is 55.1 Å². The third kappa shape index (κ3) is 4.28. The molecular weight excluding hydrogens is 576 g/mol. The van der Waals surface area contributed by atoms with Gasteiger partial charge < -0.3 is 14.4 Å². The summed E-state index contributed by atoms with van der Waals surface area (Å²) in [6, 6.07) is 41.9. The molecule has 0 amide bonds. The van der Waals surface area contributed by atoms with Gasteiger partial charge in [0.15, 0.2) is 0 Å². The summed E-state index contributed by atoms with van der Waals surface area (Å²) >= 11 is 0. The van der Waals surface area contributed by atoms with E-state index >= 15 is 0 Å².